The Morgan fingerprint density at radius 1 is 0.784 bits per heavy atom. The number of benzene rings is 1. The summed E-state index contributed by atoms with van der Waals surface area (Å²) in [5, 5.41) is 2.96. The second-order valence-electron chi connectivity index (χ2n) is 15.4. The van der Waals surface area contributed by atoms with Crippen molar-refractivity contribution >= 4 is 23.4 Å². The molecule has 2 spiro atoms. The fourth-order valence-corrected chi connectivity index (χ4v) is 9.02. The van der Waals surface area contributed by atoms with E-state index in [1.807, 2.05) is 67.3 Å². The number of ether oxygens (including phenoxy) is 1. The van der Waals surface area contributed by atoms with Crippen LogP contribution in [0.1, 0.15) is 115 Å². The molecule has 2 aromatic heterocycles. The zero-order valence-electron chi connectivity index (χ0n) is 30.4. The Morgan fingerprint density at radius 3 is 1.88 bits per heavy atom. The van der Waals surface area contributed by atoms with E-state index in [1.165, 1.54) is 0 Å². The largest absolute Gasteiger partial charge is 0.497 e. The van der Waals surface area contributed by atoms with Gasteiger partial charge in [-0.1, -0.05) is 37.1 Å². The molecular formula is C42H52N4O5. The number of likely N-dealkylation sites (tertiary alicyclic amines) is 1. The highest BCUT2D eigenvalue weighted by Gasteiger charge is 2.49. The quantitative estimate of drug-likeness (QED) is 0.235. The molecule has 4 atom stereocenters. The van der Waals surface area contributed by atoms with Crippen LogP contribution in [-0.2, 0) is 16.1 Å². The van der Waals surface area contributed by atoms with Gasteiger partial charge in [0.25, 0.3) is 0 Å². The summed E-state index contributed by atoms with van der Waals surface area (Å²) in [5.74, 6) is 2.08. The Morgan fingerprint density at radius 2 is 1.35 bits per heavy atom. The molecule has 1 N–H and O–H groups in total. The van der Waals surface area contributed by atoms with Crippen LogP contribution >= 0.6 is 0 Å². The van der Waals surface area contributed by atoms with E-state index >= 15 is 0 Å². The Kier molecular flexibility index (Phi) is 11.3. The van der Waals surface area contributed by atoms with Crippen LogP contribution in [0.5, 0.6) is 5.75 Å². The minimum Gasteiger partial charge on any atom is -0.497 e. The van der Waals surface area contributed by atoms with Gasteiger partial charge in [0.2, 0.25) is 11.8 Å². The van der Waals surface area contributed by atoms with Gasteiger partial charge >= 0.3 is 0 Å². The van der Waals surface area contributed by atoms with Gasteiger partial charge in [-0.05, 0) is 119 Å². The van der Waals surface area contributed by atoms with Gasteiger partial charge in [-0.15, -0.1) is 0 Å². The van der Waals surface area contributed by atoms with Gasteiger partial charge in [0.05, 0.1) is 17.9 Å². The number of rotatable bonds is 9. The molecule has 2 amide bonds. The number of amides is 2. The van der Waals surface area contributed by atoms with E-state index in [4.69, 9.17) is 4.74 Å². The van der Waals surface area contributed by atoms with Crippen molar-refractivity contribution in [3.05, 3.63) is 89.0 Å². The van der Waals surface area contributed by atoms with Gasteiger partial charge in [-0.3, -0.25) is 29.1 Å². The number of carbonyl (C=O) groups excluding carboxylic acids is 4. The molecule has 2 aliphatic carbocycles. The predicted octanol–water partition coefficient (Wildman–Crippen LogP) is 7.24. The smallest absolute Gasteiger partial charge is 0.229 e. The molecule has 0 radical (unpaired) electrons. The monoisotopic (exact) mass is 692 g/mol. The average Bonchev–Trinajstić information content (AvgIpc) is 3.62. The van der Waals surface area contributed by atoms with Gasteiger partial charge in [-0.25, -0.2) is 0 Å². The summed E-state index contributed by atoms with van der Waals surface area (Å²) in [5.41, 5.74) is 3.49. The lowest BCUT2D eigenvalue weighted by Crippen LogP contribution is -2.38. The fourth-order valence-electron chi connectivity index (χ4n) is 9.02. The number of nitrogens with zero attached hydrogens (tertiary/aromatic N) is 3. The predicted molar refractivity (Wildman–Crippen MR) is 195 cm³/mol. The lowest BCUT2D eigenvalue weighted by molar-refractivity contribution is -0.139. The number of pyridine rings is 2. The van der Waals surface area contributed by atoms with Crippen LogP contribution in [0.4, 0.5) is 0 Å². The molecule has 4 heterocycles. The summed E-state index contributed by atoms with van der Waals surface area (Å²) in [6.45, 7) is 6.03. The van der Waals surface area contributed by atoms with Gasteiger partial charge in [-0.2, -0.15) is 0 Å². The van der Waals surface area contributed by atoms with Crippen LogP contribution < -0.4 is 10.1 Å². The minimum absolute atomic E-state index is 0.0984. The van der Waals surface area contributed by atoms with Crippen molar-refractivity contribution < 1.29 is 23.9 Å². The van der Waals surface area contributed by atoms with E-state index < -0.39 is 0 Å². The molecule has 7 rings (SSSR count). The first-order chi connectivity index (χ1) is 24.6. The second kappa shape index (κ2) is 15.9. The topological polar surface area (TPSA) is 119 Å². The van der Waals surface area contributed by atoms with E-state index in [0.717, 1.165) is 100.0 Å². The van der Waals surface area contributed by atoms with Crippen LogP contribution in [0.25, 0.3) is 0 Å². The van der Waals surface area contributed by atoms with E-state index in [2.05, 4.69) is 15.3 Å². The Balaban J connectivity index is 0.000000187. The Hall–Kier alpha value is -4.40. The number of Topliss-reactive ketones (excluding diaryl/α,β-unsaturated/α-hetero) is 2. The van der Waals surface area contributed by atoms with Crippen molar-refractivity contribution in [3.63, 3.8) is 0 Å². The van der Waals surface area contributed by atoms with Crippen molar-refractivity contribution in [1.82, 2.24) is 20.2 Å². The maximum atomic E-state index is 13.4. The zero-order valence-corrected chi connectivity index (χ0v) is 30.4. The van der Waals surface area contributed by atoms with Crippen molar-refractivity contribution in [2.24, 2.45) is 22.7 Å². The number of aromatic nitrogens is 2. The number of nitrogens with one attached hydrogen (secondary N) is 1. The standard InChI is InChI=1S/C25H30N2O3.C17H22N2O2/c1-18-5-3-7-22(26-18)23(28)15-20-6-4-12-25(16-20)13-14-27(24(25)29)17-19-8-10-21(30-2)11-9-19;1-12-4-2-6-14(19-12)15(20)10-13-5-3-7-17(11-13)8-9-18-16(17)21/h3,5,7-11,20H,4,6,12-17H2,1-2H3;2,4,6,13H,3,5,7-11H2,1H3,(H,18,21)/t20-,25+;13-,17+/m11/s1. The van der Waals surface area contributed by atoms with E-state index in [1.54, 1.807) is 19.2 Å². The van der Waals surface area contributed by atoms with Crippen molar-refractivity contribution in [2.75, 3.05) is 20.2 Å². The molecule has 2 aliphatic heterocycles. The fraction of sp³-hybridized carbons (Fsp3) is 0.524. The van der Waals surface area contributed by atoms with Crippen molar-refractivity contribution in [2.45, 2.75) is 97.4 Å². The lowest BCUT2D eigenvalue weighted by atomic mass is 9.67. The SMILES string of the molecule is COc1ccc(CN2CC[C@]3(CCC[C@H](CC(=O)c4cccc(C)n4)C3)C2=O)cc1.Cc1cccc(C(=O)C[C@H]2CCC[C@]3(CCNC3=O)C2)n1. The summed E-state index contributed by atoms with van der Waals surface area (Å²) >= 11 is 0. The molecule has 4 aliphatic rings. The van der Waals surface area contributed by atoms with Gasteiger partial charge in [0.1, 0.15) is 17.1 Å². The maximum absolute atomic E-state index is 13.4. The number of aryl methyl sites for hydroxylation is 2. The van der Waals surface area contributed by atoms with Crippen molar-refractivity contribution in [3.8, 4) is 5.75 Å². The number of carbonyl (C=O) groups is 4. The van der Waals surface area contributed by atoms with Crippen LogP contribution in [0.2, 0.25) is 0 Å². The van der Waals surface area contributed by atoms with E-state index in [0.29, 0.717) is 36.7 Å². The van der Waals surface area contributed by atoms with Crippen LogP contribution in [0.3, 0.4) is 0 Å². The summed E-state index contributed by atoms with van der Waals surface area (Å²) in [6, 6.07) is 19.1. The van der Waals surface area contributed by atoms with Crippen LogP contribution in [0, 0.1) is 36.5 Å². The number of ketones is 2. The van der Waals surface area contributed by atoms with Gasteiger partial charge in [0, 0.05) is 43.9 Å². The first-order valence-electron chi connectivity index (χ1n) is 18.7. The zero-order chi connectivity index (χ0) is 36.0. The van der Waals surface area contributed by atoms with Crippen molar-refractivity contribution in [1.29, 1.82) is 0 Å². The van der Waals surface area contributed by atoms with E-state index in [-0.39, 0.29) is 40.1 Å². The second-order valence-corrected chi connectivity index (χ2v) is 15.4. The molecule has 9 heteroatoms. The summed E-state index contributed by atoms with van der Waals surface area (Å²) in [6.07, 6.45) is 10.6. The average molecular weight is 693 g/mol. The highest BCUT2D eigenvalue weighted by molar-refractivity contribution is 5.95. The molecule has 0 unspecified atom stereocenters. The highest BCUT2D eigenvalue weighted by atomic mass is 16.5. The highest BCUT2D eigenvalue weighted by Crippen LogP contribution is 2.48. The normalized spacial score (nSPS) is 25.7. The summed E-state index contributed by atoms with van der Waals surface area (Å²) < 4.78 is 5.22. The van der Waals surface area contributed by atoms with Crippen LogP contribution in [0.15, 0.2) is 60.7 Å². The third-order valence-electron chi connectivity index (χ3n) is 11.7. The Labute approximate surface area is 302 Å². The molecule has 51 heavy (non-hydrogen) atoms. The number of hydrogen-bond donors (Lipinski definition) is 1. The number of methoxy groups -OCH3 is 1. The molecule has 270 valence electrons. The van der Waals surface area contributed by atoms with Gasteiger partial charge < -0.3 is 15.0 Å². The molecule has 1 aromatic carbocycles. The third kappa shape index (κ3) is 8.57. The van der Waals surface area contributed by atoms with E-state index in [9.17, 15) is 19.2 Å². The molecule has 4 fully saturated rings. The molecule has 2 saturated heterocycles. The molecule has 0 bridgehead atoms. The lowest BCUT2D eigenvalue weighted by Gasteiger charge is -2.36. The Bertz CT molecular complexity index is 1740. The maximum Gasteiger partial charge on any atom is 0.229 e. The summed E-state index contributed by atoms with van der Waals surface area (Å²) in [7, 11) is 1.65. The van der Waals surface area contributed by atoms with Gasteiger partial charge in [0.15, 0.2) is 11.6 Å². The molecule has 3 aromatic rings. The van der Waals surface area contributed by atoms with Crippen LogP contribution in [-0.4, -0.2) is 58.4 Å². The number of hydrogen-bond acceptors (Lipinski definition) is 7. The molecule has 2 saturated carbocycles. The molecule has 9 nitrogen and oxygen atoms in total. The molecular weight excluding hydrogens is 640 g/mol. The first-order valence-corrected chi connectivity index (χ1v) is 18.7. The minimum atomic E-state index is -0.282. The summed E-state index contributed by atoms with van der Waals surface area (Å²) in [4.78, 5) is 61.3. The third-order valence-corrected chi connectivity index (χ3v) is 11.7. The first kappa shape index (κ1) is 36.4.